The predicted molar refractivity (Wildman–Crippen MR) is 197 cm³/mol. The Balaban J connectivity index is 0.000000172. The van der Waals surface area contributed by atoms with Crippen LogP contribution in [0.4, 0.5) is 38.0 Å². The summed E-state index contributed by atoms with van der Waals surface area (Å²) in [6.07, 6.45) is -7.51. The highest BCUT2D eigenvalue weighted by atomic mass is 19.4. The van der Waals surface area contributed by atoms with E-state index in [0.717, 1.165) is 22.8 Å². The first kappa shape index (κ1) is 39.8. The molecule has 10 nitrogen and oxygen atoms in total. The third kappa shape index (κ3) is 7.91. The van der Waals surface area contributed by atoms with E-state index >= 15 is 0 Å². The highest BCUT2D eigenvalue weighted by Gasteiger charge is 2.56. The lowest BCUT2D eigenvalue weighted by Crippen LogP contribution is -2.46. The van der Waals surface area contributed by atoms with Crippen LogP contribution in [-0.2, 0) is 9.59 Å². The lowest BCUT2D eigenvalue weighted by molar-refractivity contribution is -0.191. The molecule has 2 saturated heterocycles. The standard InChI is InChI=1S/2C20H22F3N3O2/c2*1-11-2-5-24-15(8-11)26-6-3-12(4-7-26)18-16-13(10-25-18)9-14(27)19(28)17(16)20(21,22)23/h2*2,5,8,12,17,19,28H,3-4,6-7,9-10H2,1H3/t2*17-,19+/m10/s1. The molecule has 0 unspecified atom stereocenters. The zero-order valence-electron chi connectivity index (χ0n) is 31.1. The number of aliphatic hydroxyl groups excluding tert-OH is 2. The van der Waals surface area contributed by atoms with Gasteiger partial charge in [-0.3, -0.25) is 19.6 Å². The average Bonchev–Trinajstić information content (AvgIpc) is 3.75. The molecule has 16 heteroatoms. The van der Waals surface area contributed by atoms with Crippen LogP contribution in [0.1, 0.15) is 49.7 Å². The van der Waals surface area contributed by atoms with Crippen LogP contribution >= 0.6 is 0 Å². The number of aliphatic hydroxyl groups is 2. The molecule has 2 aromatic heterocycles. The van der Waals surface area contributed by atoms with Gasteiger partial charge in [0.15, 0.2) is 11.6 Å². The molecule has 2 aromatic rings. The number of halogens is 6. The number of alkyl halides is 6. The summed E-state index contributed by atoms with van der Waals surface area (Å²) in [6, 6.07) is 7.84. The molecule has 4 aliphatic heterocycles. The molecule has 0 saturated carbocycles. The van der Waals surface area contributed by atoms with E-state index in [1.807, 2.05) is 38.1 Å². The summed E-state index contributed by atoms with van der Waals surface area (Å²) in [6.45, 7) is 6.98. The van der Waals surface area contributed by atoms with Gasteiger partial charge < -0.3 is 20.0 Å². The minimum absolute atomic E-state index is 0.0757. The average molecular weight is 787 g/mol. The number of pyridine rings is 2. The molecule has 6 heterocycles. The molecule has 2 aliphatic carbocycles. The first-order valence-electron chi connectivity index (χ1n) is 18.9. The molecule has 2 fully saturated rings. The van der Waals surface area contributed by atoms with Crippen LogP contribution in [0, 0.1) is 37.5 Å². The number of aliphatic imine (C=N–C) groups is 2. The van der Waals surface area contributed by atoms with Gasteiger partial charge in [-0.15, -0.1) is 0 Å². The van der Waals surface area contributed by atoms with Crippen LogP contribution in [0.2, 0.25) is 0 Å². The zero-order valence-corrected chi connectivity index (χ0v) is 31.1. The van der Waals surface area contributed by atoms with E-state index in [-0.39, 0.29) is 48.9 Å². The van der Waals surface area contributed by atoms with Gasteiger partial charge in [-0.1, -0.05) is 0 Å². The summed E-state index contributed by atoms with van der Waals surface area (Å²) >= 11 is 0. The number of ketones is 2. The number of piperidine rings is 2. The van der Waals surface area contributed by atoms with Crippen molar-refractivity contribution in [2.45, 2.75) is 76.9 Å². The van der Waals surface area contributed by atoms with Crippen LogP contribution in [0.15, 0.2) is 68.9 Å². The Bertz CT molecular complexity index is 1850. The van der Waals surface area contributed by atoms with Crippen LogP contribution in [0.3, 0.4) is 0 Å². The SMILES string of the molecule is Cc1ccnc(N2CCC(C3=NCC4=C3[C@@H](C(F)(F)F)[C@@H](O)C(=O)C4)CC2)c1.Cc1ccnc(N2CCC(C3=NCC4=C3[C@H](C(F)(F)F)[C@H](O)C(=O)C4)CC2)c1. The first-order valence-corrected chi connectivity index (χ1v) is 18.9. The molecule has 6 aliphatic rings. The minimum atomic E-state index is -4.67. The van der Waals surface area contributed by atoms with E-state index < -0.39 is 48.0 Å². The lowest BCUT2D eigenvalue weighted by Gasteiger charge is -2.36. The molecule has 2 N–H and O–H groups in total. The Kier molecular flexibility index (Phi) is 11.0. The van der Waals surface area contributed by atoms with Crippen molar-refractivity contribution in [3.05, 3.63) is 70.1 Å². The van der Waals surface area contributed by atoms with Gasteiger partial charge in [-0.2, -0.15) is 26.3 Å². The van der Waals surface area contributed by atoms with E-state index in [1.54, 1.807) is 12.4 Å². The van der Waals surface area contributed by atoms with Crippen molar-refractivity contribution in [1.82, 2.24) is 9.97 Å². The molecule has 0 aromatic carbocycles. The molecule has 0 spiro atoms. The number of rotatable bonds is 4. The van der Waals surface area contributed by atoms with E-state index in [1.165, 1.54) is 0 Å². The van der Waals surface area contributed by atoms with Gasteiger partial charge in [-0.25, -0.2) is 9.97 Å². The second-order valence-corrected chi connectivity index (χ2v) is 15.6. The predicted octanol–water partition coefficient (Wildman–Crippen LogP) is 5.74. The van der Waals surface area contributed by atoms with Crippen LogP contribution in [-0.4, -0.2) is 107 Å². The van der Waals surface area contributed by atoms with Gasteiger partial charge in [0.1, 0.15) is 35.7 Å². The Morgan fingerprint density at radius 2 is 0.982 bits per heavy atom. The molecule has 8 rings (SSSR count). The second kappa shape index (κ2) is 15.5. The molecule has 300 valence electrons. The molecule has 0 radical (unpaired) electrons. The van der Waals surface area contributed by atoms with Crippen molar-refractivity contribution >= 4 is 34.6 Å². The van der Waals surface area contributed by atoms with Crippen molar-refractivity contribution in [2.24, 2.45) is 33.7 Å². The van der Waals surface area contributed by atoms with Crippen molar-refractivity contribution in [3.63, 3.8) is 0 Å². The van der Waals surface area contributed by atoms with Gasteiger partial charge in [0.2, 0.25) is 0 Å². The van der Waals surface area contributed by atoms with Gasteiger partial charge in [0.25, 0.3) is 0 Å². The van der Waals surface area contributed by atoms with Crippen LogP contribution in [0.5, 0.6) is 0 Å². The zero-order chi connectivity index (χ0) is 40.1. The number of nitrogens with zero attached hydrogens (tertiary/aromatic N) is 6. The summed E-state index contributed by atoms with van der Waals surface area (Å²) in [5.74, 6) is -4.28. The molecule has 0 amide bonds. The Hall–Kier alpha value is -4.44. The first-order chi connectivity index (χ1) is 26.5. The number of hydrogen-bond donors (Lipinski definition) is 2. The second-order valence-electron chi connectivity index (χ2n) is 15.6. The summed E-state index contributed by atoms with van der Waals surface area (Å²) in [7, 11) is 0. The molecular weight excluding hydrogens is 742 g/mol. The monoisotopic (exact) mass is 786 g/mol. The fourth-order valence-electron chi connectivity index (χ4n) is 8.98. The molecule has 56 heavy (non-hydrogen) atoms. The fraction of sp³-hybridized carbons (Fsp3) is 0.550. The summed E-state index contributed by atoms with van der Waals surface area (Å²) < 4.78 is 81.9. The van der Waals surface area contributed by atoms with Gasteiger partial charge in [0.05, 0.1) is 13.1 Å². The van der Waals surface area contributed by atoms with E-state index in [4.69, 9.17) is 0 Å². The van der Waals surface area contributed by atoms with Crippen LogP contribution in [0.25, 0.3) is 0 Å². The number of carbonyl (C=O) groups is 2. The third-order valence-electron chi connectivity index (χ3n) is 11.8. The number of hydrogen-bond acceptors (Lipinski definition) is 10. The topological polar surface area (TPSA) is 132 Å². The van der Waals surface area contributed by atoms with E-state index in [2.05, 4.69) is 29.8 Å². The number of carbonyl (C=O) groups excluding carboxylic acids is 2. The number of Topliss-reactive ketones (excluding diaryl/α,β-unsaturated/α-hetero) is 2. The van der Waals surface area contributed by atoms with E-state index in [0.29, 0.717) is 74.4 Å². The maximum Gasteiger partial charge on any atom is 0.398 e. The number of aromatic nitrogens is 2. The Morgan fingerprint density at radius 1 is 0.625 bits per heavy atom. The maximum absolute atomic E-state index is 13.6. The van der Waals surface area contributed by atoms with Crippen molar-refractivity contribution in [3.8, 4) is 0 Å². The van der Waals surface area contributed by atoms with Crippen molar-refractivity contribution in [1.29, 1.82) is 0 Å². The molecular formula is C40H44F6N6O4. The summed E-state index contributed by atoms with van der Waals surface area (Å²) in [5.41, 5.74) is 4.11. The molecule has 0 bridgehead atoms. The number of aryl methyl sites for hydroxylation is 2. The quantitative estimate of drug-likeness (QED) is 0.376. The largest absolute Gasteiger partial charge is 0.398 e. The Labute approximate surface area is 320 Å². The Morgan fingerprint density at radius 3 is 1.30 bits per heavy atom. The normalized spacial score (nSPS) is 26.5. The van der Waals surface area contributed by atoms with E-state index in [9.17, 15) is 46.1 Å². The molecule has 4 atom stereocenters. The van der Waals surface area contributed by atoms with Crippen LogP contribution < -0.4 is 9.80 Å². The van der Waals surface area contributed by atoms with Gasteiger partial charge >= 0.3 is 12.4 Å². The summed E-state index contributed by atoms with van der Waals surface area (Å²) in [5, 5.41) is 20.0. The highest BCUT2D eigenvalue weighted by Crippen LogP contribution is 2.47. The van der Waals surface area contributed by atoms with Gasteiger partial charge in [-0.05, 0) is 97.2 Å². The van der Waals surface area contributed by atoms with Gasteiger partial charge in [0, 0.05) is 74.7 Å². The minimum Gasteiger partial charge on any atom is -0.384 e. The summed E-state index contributed by atoms with van der Waals surface area (Å²) in [4.78, 5) is 45.5. The lowest BCUT2D eigenvalue weighted by atomic mass is 9.74. The third-order valence-corrected chi connectivity index (χ3v) is 11.8. The van der Waals surface area contributed by atoms with Crippen molar-refractivity contribution < 1.29 is 46.1 Å². The number of anilines is 2. The smallest absolute Gasteiger partial charge is 0.384 e. The fourth-order valence-corrected chi connectivity index (χ4v) is 8.98. The van der Waals surface area contributed by atoms with Crippen molar-refractivity contribution in [2.75, 3.05) is 49.1 Å². The maximum atomic E-state index is 13.6. The highest BCUT2D eigenvalue weighted by molar-refractivity contribution is 6.09.